The highest BCUT2D eigenvalue weighted by Gasteiger charge is 2.20. The number of amides is 1. The Morgan fingerprint density at radius 3 is 2.31 bits per heavy atom. The molecule has 2 aromatic rings. The average Bonchev–Trinajstić information content (AvgIpc) is 2.59. The van der Waals surface area contributed by atoms with E-state index in [1.54, 1.807) is 36.4 Å². The van der Waals surface area contributed by atoms with Crippen molar-refractivity contribution in [1.82, 2.24) is 9.62 Å². The van der Waals surface area contributed by atoms with E-state index in [9.17, 15) is 13.2 Å². The van der Waals surface area contributed by atoms with Crippen LogP contribution in [0.4, 0.5) is 0 Å². The van der Waals surface area contributed by atoms with Crippen LogP contribution in [0.25, 0.3) is 0 Å². The second kappa shape index (κ2) is 9.10. The van der Waals surface area contributed by atoms with E-state index >= 15 is 0 Å². The van der Waals surface area contributed by atoms with Crippen LogP contribution in [0.1, 0.15) is 5.56 Å². The van der Waals surface area contributed by atoms with Gasteiger partial charge < -0.3 is 5.32 Å². The van der Waals surface area contributed by atoms with Gasteiger partial charge in [0.2, 0.25) is 15.9 Å². The molecule has 140 valence electrons. The molecule has 0 bridgehead atoms. The number of rotatable bonds is 7. The molecule has 2 aromatic carbocycles. The summed E-state index contributed by atoms with van der Waals surface area (Å²) in [6, 6.07) is 11.7. The second-order valence-corrected chi connectivity index (χ2v) is 9.43. The summed E-state index contributed by atoms with van der Waals surface area (Å²) < 4.78 is 25.9. The first-order valence-electron chi connectivity index (χ1n) is 7.57. The van der Waals surface area contributed by atoms with Crippen LogP contribution in [0, 0.1) is 0 Å². The van der Waals surface area contributed by atoms with Crippen LogP contribution in [0.15, 0.2) is 52.3 Å². The third kappa shape index (κ3) is 5.14. The number of benzene rings is 2. The molecule has 0 aromatic heterocycles. The van der Waals surface area contributed by atoms with E-state index in [0.29, 0.717) is 20.5 Å². The molecule has 0 spiro atoms. The molecule has 0 saturated heterocycles. The number of sulfonamides is 1. The van der Waals surface area contributed by atoms with Crippen molar-refractivity contribution >= 4 is 50.9 Å². The first kappa shape index (κ1) is 21.1. The van der Waals surface area contributed by atoms with Crippen molar-refractivity contribution < 1.29 is 13.2 Å². The van der Waals surface area contributed by atoms with Crippen molar-refractivity contribution in [3.63, 3.8) is 0 Å². The SMILES string of the molecule is CN(C)S(=O)(=O)c1ccccc1CNC(=O)CSc1c(Cl)cccc1Cl. The zero-order chi connectivity index (χ0) is 19.3. The quantitative estimate of drug-likeness (QED) is 0.677. The van der Waals surface area contributed by atoms with Gasteiger partial charge in [-0.05, 0) is 23.8 Å². The topological polar surface area (TPSA) is 66.5 Å². The van der Waals surface area contributed by atoms with Gasteiger partial charge in [0.1, 0.15) is 0 Å². The molecule has 0 atom stereocenters. The number of carbonyl (C=O) groups is 1. The van der Waals surface area contributed by atoms with Crippen LogP contribution in [0.5, 0.6) is 0 Å². The predicted molar refractivity (Wildman–Crippen MR) is 106 cm³/mol. The van der Waals surface area contributed by atoms with E-state index in [0.717, 1.165) is 4.31 Å². The lowest BCUT2D eigenvalue weighted by molar-refractivity contribution is -0.118. The average molecular weight is 433 g/mol. The number of hydrogen-bond donors (Lipinski definition) is 1. The van der Waals surface area contributed by atoms with Crippen LogP contribution >= 0.6 is 35.0 Å². The number of nitrogens with one attached hydrogen (secondary N) is 1. The molecular formula is C17H18Cl2N2O3S2. The van der Waals surface area contributed by atoms with Crippen molar-refractivity contribution in [2.45, 2.75) is 16.3 Å². The monoisotopic (exact) mass is 432 g/mol. The molecule has 2 rings (SSSR count). The summed E-state index contributed by atoms with van der Waals surface area (Å²) in [6.07, 6.45) is 0. The minimum absolute atomic E-state index is 0.110. The molecule has 0 unspecified atom stereocenters. The van der Waals surface area contributed by atoms with Crippen LogP contribution < -0.4 is 5.32 Å². The fourth-order valence-corrected chi connectivity index (χ4v) is 4.73. The fourth-order valence-electron chi connectivity index (χ4n) is 2.10. The first-order valence-corrected chi connectivity index (χ1v) is 10.8. The summed E-state index contributed by atoms with van der Waals surface area (Å²) in [6.45, 7) is 0.110. The van der Waals surface area contributed by atoms with Crippen molar-refractivity contribution in [2.24, 2.45) is 0 Å². The number of halogens is 2. The van der Waals surface area contributed by atoms with E-state index in [4.69, 9.17) is 23.2 Å². The van der Waals surface area contributed by atoms with E-state index in [1.165, 1.54) is 31.9 Å². The van der Waals surface area contributed by atoms with Gasteiger partial charge in [0, 0.05) is 25.5 Å². The maximum Gasteiger partial charge on any atom is 0.242 e. The molecule has 0 fully saturated rings. The lowest BCUT2D eigenvalue weighted by Gasteiger charge is -2.15. The summed E-state index contributed by atoms with van der Waals surface area (Å²) in [5.74, 6) is -0.130. The maximum absolute atomic E-state index is 12.4. The Kier molecular flexibility index (Phi) is 7.37. The molecule has 9 heteroatoms. The van der Waals surface area contributed by atoms with E-state index in [1.807, 2.05) is 0 Å². The summed E-state index contributed by atoms with van der Waals surface area (Å²) >= 11 is 13.4. The van der Waals surface area contributed by atoms with Gasteiger partial charge in [-0.2, -0.15) is 0 Å². The number of carbonyl (C=O) groups excluding carboxylic acids is 1. The van der Waals surface area contributed by atoms with Crippen LogP contribution in [0.3, 0.4) is 0 Å². The van der Waals surface area contributed by atoms with Gasteiger partial charge in [0.15, 0.2) is 0 Å². The Morgan fingerprint density at radius 2 is 1.69 bits per heavy atom. The zero-order valence-electron chi connectivity index (χ0n) is 14.2. The van der Waals surface area contributed by atoms with Gasteiger partial charge in [-0.25, -0.2) is 12.7 Å². The Balaban J connectivity index is 2.03. The smallest absolute Gasteiger partial charge is 0.242 e. The van der Waals surface area contributed by atoms with Gasteiger partial charge >= 0.3 is 0 Å². The summed E-state index contributed by atoms with van der Waals surface area (Å²) in [5, 5.41) is 3.70. The molecule has 0 saturated carbocycles. The predicted octanol–water partition coefficient (Wildman–Crippen LogP) is 3.65. The molecule has 0 radical (unpaired) electrons. The normalized spacial score (nSPS) is 11.6. The highest BCUT2D eigenvalue weighted by atomic mass is 35.5. The third-order valence-corrected chi connectivity index (χ3v) is 7.38. The zero-order valence-corrected chi connectivity index (χ0v) is 17.3. The Morgan fingerprint density at radius 1 is 1.08 bits per heavy atom. The molecule has 0 aliphatic rings. The summed E-state index contributed by atoms with van der Waals surface area (Å²) in [7, 11) is -0.646. The molecule has 0 heterocycles. The number of nitrogens with zero attached hydrogens (tertiary/aromatic N) is 1. The largest absolute Gasteiger partial charge is 0.351 e. The van der Waals surface area contributed by atoms with Crippen LogP contribution in [-0.4, -0.2) is 38.5 Å². The third-order valence-electron chi connectivity index (χ3n) is 3.47. The maximum atomic E-state index is 12.4. The summed E-state index contributed by atoms with van der Waals surface area (Å²) in [4.78, 5) is 12.9. The van der Waals surface area contributed by atoms with Gasteiger partial charge in [-0.1, -0.05) is 47.5 Å². The number of hydrogen-bond acceptors (Lipinski definition) is 4. The van der Waals surface area contributed by atoms with Crippen LogP contribution in [0.2, 0.25) is 10.0 Å². The summed E-state index contributed by atoms with van der Waals surface area (Å²) in [5.41, 5.74) is 0.523. The molecule has 5 nitrogen and oxygen atoms in total. The second-order valence-electron chi connectivity index (χ2n) is 5.51. The molecule has 1 amide bonds. The van der Waals surface area contributed by atoms with E-state index in [2.05, 4.69) is 5.32 Å². The highest BCUT2D eigenvalue weighted by molar-refractivity contribution is 8.00. The van der Waals surface area contributed by atoms with Gasteiger partial charge in [0.25, 0.3) is 0 Å². The first-order chi connectivity index (χ1) is 12.2. The molecule has 1 N–H and O–H groups in total. The van der Waals surface area contributed by atoms with E-state index in [-0.39, 0.29) is 23.1 Å². The fraction of sp³-hybridized carbons (Fsp3) is 0.235. The molecule has 0 aliphatic carbocycles. The molecular weight excluding hydrogens is 415 g/mol. The van der Waals surface area contributed by atoms with Crippen LogP contribution in [-0.2, 0) is 21.4 Å². The van der Waals surface area contributed by atoms with Crippen molar-refractivity contribution in [3.8, 4) is 0 Å². The van der Waals surface area contributed by atoms with Crippen molar-refractivity contribution in [3.05, 3.63) is 58.1 Å². The lowest BCUT2D eigenvalue weighted by atomic mass is 10.2. The van der Waals surface area contributed by atoms with E-state index < -0.39 is 10.0 Å². The van der Waals surface area contributed by atoms with Gasteiger partial charge in [0.05, 0.1) is 20.7 Å². The number of thioether (sulfide) groups is 1. The molecule has 0 aliphatic heterocycles. The van der Waals surface area contributed by atoms with Crippen molar-refractivity contribution in [2.75, 3.05) is 19.8 Å². The minimum atomic E-state index is -3.58. The molecule has 26 heavy (non-hydrogen) atoms. The minimum Gasteiger partial charge on any atom is -0.351 e. The standard InChI is InChI=1S/C17H18Cl2N2O3S2/c1-21(2)26(23,24)15-9-4-3-6-12(15)10-20-16(22)11-25-17-13(18)7-5-8-14(17)19/h3-9H,10-11H2,1-2H3,(H,20,22). The van der Waals surface area contributed by atoms with Crippen molar-refractivity contribution in [1.29, 1.82) is 0 Å². The Hall–Kier alpha value is -1.25. The lowest BCUT2D eigenvalue weighted by Crippen LogP contribution is -2.27. The Bertz CT molecular complexity index is 882. The highest BCUT2D eigenvalue weighted by Crippen LogP contribution is 2.33. The Labute approximate surface area is 167 Å². The van der Waals surface area contributed by atoms with Gasteiger partial charge in [-0.3, -0.25) is 4.79 Å². The van der Waals surface area contributed by atoms with Gasteiger partial charge in [-0.15, -0.1) is 11.8 Å².